The van der Waals surface area contributed by atoms with Gasteiger partial charge in [0.15, 0.2) is 0 Å². The summed E-state index contributed by atoms with van der Waals surface area (Å²) in [6.45, 7) is 4.63. The van der Waals surface area contributed by atoms with Gasteiger partial charge in [-0.1, -0.05) is 79.4 Å². The first-order valence-electron chi connectivity index (χ1n) is 12.7. The van der Waals surface area contributed by atoms with Crippen molar-refractivity contribution >= 4 is 37.1 Å². The minimum absolute atomic E-state index is 0.356. The van der Waals surface area contributed by atoms with E-state index in [2.05, 4.69) is 110 Å². The Balaban J connectivity index is 1.45. The highest BCUT2D eigenvalue weighted by molar-refractivity contribution is 7.25. The van der Waals surface area contributed by atoms with Crippen molar-refractivity contribution in [3.05, 3.63) is 126 Å². The van der Waals surface area contributed by atoms with Crippen molar-refractivity contribution in [1.82, 2.24) is 0 Å². The van der Waals surface area contributed by atoms with E-state index in [-0.39, 0.29) is 0 Å². The molecule has 1 unspecified atom stereocenters. The number of hydrogen-bond donors (Lipinski definition) is 0. The molecule has 0 radical (unpaired) electrons. The minimum atomic E-state index is 0.356. The van der Waals surface area contributed by atoms with Gasteiger partial charge in [0, 0.05) is 26.1 Å². The van der Waals surface area contributed by atoms with E-state index in [9.17, 15) is 0 Å². The van der Waals surface area contributed by atoms with E-state index in [0.29, 0.717) is 5.92 Å². The molecule has 0 bridgehead atoms. The van der Waals surface area contributed by atoms with Gasteiger partial charge in [-0.3, -0.25) is 0 Å². The van der Waals surface area contributed by atoms with Crippen LogP contribution in [0, 0.1) is 0 Å². The van der Waals surface area contributed by atoms with Crippen molar-refractivity contribution in [2.75, 3.05) is 0 Å². The molecule has 36 heavy (non-hydrogen) atoms. The predicted molar refractivity (Wildman–Crippen MR) is 156 cm³/mol. The lowest BCUT2D eigenvalue weighted by molar-refractivity contribution is 0.760. The second-order valence-corrected chi connectivity index (χ2v) is 11.2. The number of fused-ring (bicyclic) bond motifs is 7. The molecule has 6 aromatic rings. The Morgan fingerprint density at radius 3 is 2.17 bits per heavy atom. The molecule has 0 amide bonds. The maximum absolute atomic E-state index is 4.63. The SMILES string of the molecule is C=C1c2ccccc2-c2cc(-c3ccc4sc5ccccc5c4c3)cc3c2C1CCc1ccccc1-3. The molecule has 0 saturated heterocycles. The van der Waals surface area contributed by atoms with Crippen LogP contribution in [-0.2, 0) is 6.42 Å². The Kier molecular flexibility index (Phi) is 4.24. The summed E-state index contributed by atoms with van der Waals surface area (Å²) in [6, 6.07) is 38.5. The number of aryl methyl sites for hydroxylation is 1. The summed E-state index contributed by atoms with van der Waals surface area (Å²) in [6.07, 6.45) is 2.19. The number of benzene rings is 5. The molecule has 0 N–H and O–H groups in total. The van der Waals surface area contributed by atoms with E-state index in [0.717, 1.165) is 12.8 Å². The lowest BCUT2D eigenvalue weighted by Crippen LogP contribution is -2.11. The smallest absolute Gasteiger partial charge is 0.0355 e. The molecule has 1 heteroatoms. The van der Waals surface area contributed by atoms with Crippen molar-refractivity contribution in [3.8, 4) is 33.4 Å². The summed E-state index contributed by atoms with van der Waals surface area (Å²) in [4.78, 5) is 0. The van der Waals surface area contributed by atoms with Gasteiger partial charge in [-0.05, 0) is 98.8 Å². The van der Waals surface area contributed by atoms with Crippen LogP contribution in [0.25, 0.3) is 59.1 Å². The lowest BCUT2D eigenvalue weighted by Gasteiger charge is -2.31. The molecule has 0 saturated carbocycles. The first kappa shape index (κ1) is 20.3. The fourth-order valence-electron chi connectivity index (χ4n) is 6.53. The molecule has 0 aliphatic heterocycles. The third-order valence-electron chi connectivity index (χ3n) is 8.23. The Bertz CT molecular complexity index is 1870. The average molecular weight is 477 g/mol. The van der Waals surface area contributed by atoms with Crippen molar-refractivity contribution in [3.63, 3.8) is 0 Å². The Morgan fingerprint density at radius 1 is 0.583 bits per heavy atom. The van der Waals surface area contributed by atoms with E-state index in [1.807, 2.05) is 11.3 Å². The molecule has 8 rings (SSSR count). The topological polar surface area (TPSA) is 0 Å². The first-order chi connectivity index (χ1) is 17.8. The Labute approximate surface area is 215 Å². The van der Waals surface area contributed by atoms with Gasteiger partial charge < -0.3 is 0 Å². The molecular weight excluding hydrogens is 452 g/mol. The molecule has 1 atom stereocenters. The van der Waals surface area contributed by atoms with Gasteiger partial charge in [0.1, 0.15) is 0 Å². The molecule has 2 aliphatic carbocycles. The van der Waals surface area contributed by atoms with E-state index >= 15 is 0 Å². The van der Waals surface area contributed by atoms with E-state index < -0.39 is 0 Å². The van der Waals surface area contributed by atoms with Gasteiger partial charge in [0.25, 0.3) is 0 Å². The average Bonchev–Trinajstić information content (AvgIpc) is 3.21. The summed E-state index contributed by atoms with van der Waals surface area (Å²) in [5, 5.41) is 2.70. The Hall–Kier alpha value is -3.94. The second-order valence-electron chi connectivity index (χ2n) is 10.1. The van der Waals surface area contributed by atoms with Crippen LogP contribution in [0.4, 0.5) is 0 Å². The van der Waals surface area contributed by atoms with Crippen LogP contribution >= 0.6 is 11.3 Å². The molecule has 0 nitrogen and oxygen atoms in total. The van der Waals surface area contributed by atoms with Crippen LogP contribution in [0.1, 0.15) is 29.0 Å². The summed E-state index contributed by atoms with van der Waals surface area (Å²) in [7, 11) is 0. The van der Waals surface area contributed by atoms with Crippen LogP contribution in [0.5, 0.6) is 0 Å². The van der Waals surface area contributed by atoms with Gasteiger partial charge in [-0.2, -0.15) is 0 Å². The maximum Gasteiger partial charge on any atom is 0.0355 e. The maximum atomic E-state index is 4.63. The molecule has 1 heterocycles. The largest absolute Gasteiger partial charge is 0.135 e. The van der Waals surface area contributed by atoms with Gasteiger partial charge in [0.05, 0.1) is 0 Å². The fraction of sp³-hybridized carbons (Fsp3) is 0.0857. The number of rotatable bonds is 1. The summed E-state index contributed by atoms with van der Waals surface area (Å²) in [5.74, 6) is 0.356. The van der Waals surface area contributed by atoms with Crippen molar-refractivity contribution < 1.29 is 0 Å². The van der Waals surface area contributed by atoms with E-state index in [4.69, 9.17) is 0 Å². The zero-order valence-corrected chi connectivity index (χ0v) is 20.7. The molecular formula is C35H24S. The van der Waals surface area contributed by atoms with Gasteiger partial charge in [0.2, 0.25) is 0 Å². The molecule has 2 aliphatic rings. The predicted octanol–water partition coefficient (Wildman–Crippen LogP) is 10.1. The van der Waals surface area contributed by atoms with E-state index in [1.54, 1.807) is 0 Å². The highest BCUT2D eigenvalue weighted by Gasteiger charge is 2.33. The van der Waals surface area contributed by atoms with Gasteiger partial charge in [-0.15, -0.1) is 11.3 Å². The van der Waals surface area contributed by atoms with Crippen molar-refractivity contribution in [1.29, 1.82) is 0 Å². The van der Waals surface area contributed by atoms with Crippen LogP contribution in [0.3, 0.4) is 0 Å². The van der Waals surface area contributed by atoms with Crippen LogP contribution in [-0.4, -0.2) is 0 Å². The summed E-state index contributed by atoms with van der Waals surface area (Å²) in [5.41, 5.74) is 13.5. The first-order valence-corrected chi connectivity index (χ1v) is 13.5. The molecule has 0 spiro atoms. The zero-order chi connectivity index (χ0) is 23.8. The molecule has 170 valence electrons. The third-order valence-corrected chi connectivity index (χ3v) is 9.38. The molecule has 1 aromatic heterocycles. The number of hydrogen-bond acceptors (Lipinski definition) is 1. The summed E-state index contributed by atoms with van der Waals surface area (Å²) < 4.78 is 2.70. The highest BCUT2D eigenvalue weighted by Crippen LogP contribution is 2.54. The zero-order valence-electron chi connectivity index (χ0n) is 19.9. The third kappa shape index (κ3) is 2.81. The number of allylic oxidation sites excluding steroid dienone is 1. The van der Waals surface area contributed by atoms with Crippen LogP contribution in [0.15, 0.2) is 110 Å². The van der Waals surface area contributed by atoms with Crippen LogP contribution in [0.2, 0.25) is 0 Å². The highest BCUT2D eigenvalue weighted by atomic mass is 32.1. The molecule has 0 fully saturated rings. The Morgan fingerprint density at radius 2 is 1.28 bits per heavy atom. The van der Waals surface area contributed by atoms with E-state index in [1.165, 1.54) is 75.8 Å². The van der Waals surface area contributed by atoms with Crippen LogP contribution < -0.4 is 0 Å². The quantitative estimate of drug-likeness (QED) is 0.221. The van der Waals surface area contributed by atoms with Crippen molar-refractivity contribution in [2.24, 2.45) is 0 Å². The standard InChI is InChI=1S/C35H24S/c1-21-25-9-4-5-11-28(25)32-20-24(19-31-27-10-3-2-8-22(27)14-16-26(21)35(31)32)23-15-17-34-30(18-23)29-12-6-7-13-33(29)36-34/h2-13,15,17-20,26H,1,14,16H2. The molecule has 5 aromatic carbocycles. The van der Waals surface area contributed by atoms with Crippen molar-refractivity contribution in [2.45, 2.75) is 18.8 Å². The minimum Gasteiger partial charge on any atom is -0.135 e. The fourth-order valence-corrected chi connectivity index (χ4v) is 7.61. The lowest BCUT2D eigenvalue weighted by atomic mass is 9.72. The normalized spacial score (nSPS) is 15.9. The van der Waals surface area contributed by atoms with Gasteiger partial charge >= 0.3 is 0 Å². The summed E-state index contributed by atoms with van der Waals surface area (Å²) >= 11 is 1.88. The second kappa shape index (κ2) is 7.53. The number of thiophene rings is 1. The van der Waals surface area contributed by atoms with Gasteiger partial charge in [-0.25, -0.2) is 0 Å². The monoisotopic (exact) mass is 476 g/mol.